The van der Waals surface area contributed by atoms with Gasteiger partial charge in [-0.3, -0.25) is 0 Å². The Morgan fingerprint density at radius 1 is 1.11 bits per heavy atom. The van der Waals surface area contributed by atoms with E-state index in [4.69, 9.17) is 0 Å². The first-order chi connectivity index (χ1) is 13.5. The minimum absolute atomic E-state index is 0.139. The highest BCUT2D eigenvalue weighted by Gasteiger charge is 2.18. The second kappa shape index (κ2) is 10.1. The van der Waals surface area contributed by atoms with E-state index in [1.54, 1.807) is 18.2 Å². The van der Waals surface area contributed by atoms with Gasteiger partial charge in [0.1, 0.15) is 11.6 Å². The van der Waals surface area contributed by atoms with Gasteiger partial charge in [0, 0.05) is 6.54 Å². The van der Waals surface area contributed by atoms with Crippen molar-refractivity contribution >= 4 is 0 Å². The van der Waals surface area contributed by atoms with Gasteiger partial charge in [-0.15, -0.1) is 0 Å². The quantitative estimate of drug-likeness (QED) is 0.609. The Hall–Kier alpha value is -1.78. The second-order valence-electron chi connectivity index (χ2n) is 8.13. The molecule has 0 fully saturated rings. The molecule has 1 aliphatic rings. The topological polar surface area (TPSA) is 32.3 Å². The number of fused-ring (bicyclic) bond motifs is 1. The molecule has 4 heteroatoms. The Balaban J connectivity index is 1.30. The fourth-order valence-electron chi connectivity index (χ4n) is 4.16. The highest BCUT2D eigenvalue weighted by atomic mass is 19.1. The molecule has 2 aromatic rings. The lowest BCUT2D eigenvalue weighted by Gasteiger charge is -2.25. The van der Waals surface area contributed by atoms with Crippen LogP contribution < -0.4 is 5.32 Å². The van der Waals surface area contributed by atoms with Gasteiger partial charge in [0.2, 0.25) is 0 Å². The van der Waals surface area contributed by atoms with Crippen LogP contribution in [0.15, 0.2) is 36.4 Å². The zero-order chi connectivity index (χ0) is 19.9. The van der Waals surface area contributed by atoms with Crippen LogP contribution in [0.1, 0.15) is 47.9 Å². The Morgan fingerprint density at radius 2 is 1.89 bits per heavy atom. The molecule has 0 aliphatic heterocycles. The highest BCUT2D eigenvalue weighted by molar-refractivity contribution is 5.30. The molecule has 0 radical (unpaired) electrons. The smallest absolute Gasteiger partial charge is 0.123 e. The standard InChI is InChI=1S/C24H31F2NO/c1-17-5-9-22(25)14-19(17)3-2-4-24(28)16-27-12-11-18-6-7-21-15-23(26)10-8-20(21)13-18/h5,8-10,14-15,18,24,27-28H,2-4,6-7,11-13,16H2,1H3. The lowest BCUT2D eigenvalue weighted by molar-refractivity contribution is 0.158. The van der Waals surface area contributed by atoms with Gasteiger partial charge in [-0.1, -0.05) is 12.1 Å². The van der Waals surface area contributed by atoms with E-state index >= 15 is 0 Å². The maximum atomic E-state index is 13.3. The molecule has 2 unspecified atom stereocenters. The van der Waals surface area contributed by atoms with E-state index in [9.17, 15) is 13.9 Å². The van der Waals surface area contributed by atoms with Crippen LogP contribution in [0.2, 0.25) is 0 Å². The summed E-state index contributed by atoms with van der Waals surface area (Å²) < 4.78 is 26.6. The molecule has 2 atom stereocenters. The monoisotopic (exact) mass is 387 g/mol. The van der Waals surface area contributed by atoms with Crippen LogP contribution in [0.25, 0.3) is 0 Å². The molecule has 2 N–H and O–H groups in total. The zero-order valence-corrected chi connectivity index (χ0v) is 16.7. The van der Waals surface area contributed by atoms with Crippen molar-refractivity contribution in [3.63, 3.8) is 0 Å². The van der Waals surface area contributed by atoms with E-state index in [-0.39, 0.29) is 17.7 Å². The molecular formula is C24H31F2NO. The molecule has 0 saturated heterocycles. The summed E-state index contributed by atoms with van der Waals surface area (Å²) in [5.41, 5.74) is 4.57. The molecule has 0 amide bonds. The summed E-state index contributed by atoms with van der Waals surface area (Å²) in [6, 6.07) is 10.0. The summed E-state index contributed by atoms with van der Waals surface area (Å²) in [6.45, 7) is 3.48. The lowest BCUT2D eigenvalue weighted by Crippen LogP contribution is -2.29. The third-order valence-electron chi connectivity index (χ3n) is 5.90. The van der Waals surface area contributed by atoms with Crippen LogP contribution >= 0.6 is 0 Å². The number of aryl methyl sites for hydroxylation is 3. The molecule has 28 heavy (non-hydrogen) atoms. The van der Waals surface area contributed by atoms with Crippen LogP contribution in [-0.4, -0.2) is 24.3 Å². The Labute approximate surface area is 167 Å². The Kier molecular flexibility index (Phi) is 7.57. The number of rotatable bonds is 9. The van der Waals surface area contributed by atoms with Crippen molar-refractivity contribution in [3.05, 3.63) is 70.3 Å². The third kappa shape index (κ3) is 6.11. The maximum Gasteiger partial charge on any atom is 0.123 e. The molecule has 2 aromatic carbocycles. The van der Waals surface area contributed by atoms with Crippen molar-refractivity contribution in [1.82, 2.24) is 5.32 Å². The van der Waals surface area contributed by atoms with Gasteiger partial charge in [-0.25, -0.2) is 8.78 Å². The minimum atomic E-state index is -0.371. The van der Waals surface area contributed by atoms with Gasteiger partial charge < -0.3 is 10.4 Å². The summed E-state index contributed by atoms with van der Waals surface area (Å²) in [7, 11) is 0. The number of hydrogen-bond donors (Lipinski definition) is 2. The molecule has 0 bridgehead atoms. The number of aliphatic hydroxyl groups excluding tert-OH is 1. The Morgan fingerprint density at radius 3 is 2.75 bits per heavy atom. The van der Waals surface area contributed by atoms with Gasteiger partial charge in [-0.05, 0) is 111 Å². The number of aliphatic hydroxyl groups is 1. The molecule has 2 nitrogen and oxygen atoms in total. The fourth-order valence-corrected chi connectivity index (χ4v) is 4.16. The van der Waals surface area contributed by atoms with E-state index in [1.165, 1.54) is 11.6 Å². The van der Waals surface area contributed by atoms with Crippen LogP contribution in [0.5, 0.6) is 0 Å². The number of halogens is 2. The SMILES string of the molecule is Cc1ccc(F)cc1CCCC(O)CNCCC1CCc2cc(F)ccc2C1. The Bertz CT molecular complexity index is 777. The fraction of sp³-hybridized carbons (Fsp3) is 0.500. The summed E-state index contributed by atoms with van der Waals surface area (Å²) in [5.74, 6) is 0.289. The predicted octanol–water partition coefficient (Wildman–Crippen LogP) is 4.74. The third-order valence-corrected chi connectivity index (χ3v) is 5.90. The lowest BCUT2D eigenvalue weighted by atomic mass is 9.82. The number of hydrogen-bond acceptors (Lipinski definition) is 2. The molecule has 0 saturated carbocycles. The van der Waals surface area contributed by atoms with Gasteiger partial charge in [0.05, 0.1) is 6.10 Å². The summed E-state index contributed by atoms with van der Waals surface area (Å²) >= 11 is 0. The van der Waals surface area contributed by atoms with Crippen molar-refractivity contribution in [3.8, 4) is 0 Å². The largest absolute Gasteiger partial charge is 0.392 e. The van der Waals surface area contributed by atoms with E-state index in [0.29, 0.717) is 18.9 Å². The summed E-state index contributed by atoms with van der Waals surface area (Å²) in [6.07, 6.45) is 6.15. The first-order valence-corrected chi connectivity index (χ1v) is 10.4. The van der Waals surface area contributed by atoms with Crippen molar-refractivity contribution in [2.45, 2.75) is 58.0 Å². The highest BCUT2D eigenvalue weighted by Crippen LogP contribution is 2.27. The van der Waals surface area contributed by atoms with Crippen LogP contribution in [0.3, 0.4) is 0 Å². The number of benzene rings is 2. The van der Waals surface area contributed by atoms with Crippen LogP contribution in [0.4, 0.5) is 8.78 Å². The summed E-state index contributed by atoms with van der Waals surface area (Å²) in [4.78, 5) is 0. The molecule has 0 heterocycles. The molecular weight excluding hydrogens is 356 g/mol. The van der Waals surface area contributed by atoms with E-state index in [0.717, 1.165) is 61.8 Å². The second-order valence-corrected chi connectivity index (χ2v) is 8.13. The molecule has 3 rings (SSSR count). The average Bonchev–Trinajstić information content (AvgIpc) is 2.68. The minimum Gasteiger partial charge on any atom is -0.392 e. The van der Waals surface area contributed by atoms with Gasteiger partial charge >= 0.3 is 0 Å². The first kappa shape index (κ1) is 20.9. The average molecular weight is 388 g/mol. The molecule has 0 aromatic heterocycles. The van der Waals surface area contributed by atoms with Crippen molar-refractivity contribution in [2.75, 3.05) is 13.1 Å². The van der Waals surface area contributed by atoms with Crippen molar-refractivity contribution in [1.29, 1.82) is 0 Å². The zero-order valence-electron chi connectivity index (χ0n) is 16.7. The van der Waals surface area contributed by atoms with Crippen molar-refractivity contribution in [2.24, 2.45) is 5.92 Å². The first-order valence-electron chi connectivity index (χ1n) is 10.4. The van der Waals surface area contributed by atoms with E-state index < -0.39 is 0 Å². The normalized spacial score (nSPS) is 17.4. The van der Waals surface area contributed by atoms with E-state index in [2.05, 4.69) is 5.32 Å². The van der Waals surface area contributed by atoms with E-state index in [1.807, 2.05) is 19.1 Å². The molecule has 152 valence electrons. The van der Waals surface area contributed by atoms with Gasteiger partial charge in [0.15, 0.2) is 0 Å². The summed E-state index contributed by atoms with van der Waals surface area (Å²) in [5, 5.41) is 13.5. The molecule has 1 aliphatic carbocycles. The van der Waals surface area contributed by atoms with Gasteiger partial charge in [0.25, 0.3) is 0 Å². The number of nitrogens with one attached hydrogen (secondary N) is 1. The molecule has 0 spiro atoms. The van der Waals surface area contributed by atoms with Crippen LogP contribution in [0, 0.1) is 24.5 Å². The predicted molar refractivity (Wildman–Crippen MR) is 109 cm³/mol. The van der Waals surface area contributed by atoms with Gasteiger partial charge in [-0.2, -0.15) is 0 Å². The van der Waals surface area contributed by atoms with Crippen LogP contribution in [-0.2, 0) is 19.3 Å². The van der Waals surface area contributed by atoms with Crippen molar-refractivity contribution < 1.29 is 13.9 Å². The maximum absolute atomic E-state index is 13.3.